The summed E-state index contributed by atoms with van der Waals surface area (Å²) in [5, 5.41) is 9.41. The Morgan fingerprint density at radius 3 is 3.04 bits per heavy atom. The monoisotopic (exact) mass is 337 g/mol. The summed E-state index contributed by atoms with van der Waals surface area (Å²) in [7, 11) is 0. The lowest BCUT2D eigenvalue weighted by molar-refractivity contribution is -0.108. The Hall–Kier alpha value is -1.14. The molecule has 5 nitrogen and oxygen atoms in total. The van der Waals surface area contributed by atoms with E-state index in [1.165, 1.54) is 5.01 Å². The number of aryl methyl sites for hydroxylation is 2. The number of nitrogens with zero attached hydrogens (tertiary/aromatic N) is 1. The summed E-state index contributed by atoms with van der Waals surface area (Å²) in [4.78, 5) is 16.5. The van der Waals surface area contributed by atoms with E-state index in [1.54, 1.807) is 11.3 Å². The Morgan fingerprint density at radius 2 is 2.30 bits per heavy atom. The molecule has 2 aliphatic rings. The standard InChI is InChI=1S/C17H27N3O2S/c1-11-10-23-13(19-11)6-4-5-8-18-16(21)20-14-12-7-9-22-15(12)17(14,2)3/h10,12,14-15H,4-9H2,1-3H3,(H2,18,20,21). The molecule has 1 aliphatic heterocycles. The highest BCUT2D eigenvalue weighted by Crippen LogP contribution is 2.51. The molecule has 2 heterocycles. The van der Waals surface area contributed by atoms with Gasteiger partial charge in [-0.15, -0.1) is 11.3 Å². The van der Waals surface area contributed by atoms with Gasteiger partial charge in [-0.2, -0.15) is 0 Å². The van der Waals surface area contributed by atoms with Gasteiger partial charge in [0.2, 0.25) is 0 Å². The third-order valence-corrected chi connectivity index (χ3v) is 6.18. The number of carbonyl (C=O) groups is 1. The first kappa shape index (κ1) is 16.7. The highest BCUT2D eigenvalue weighted by atomic mass is 32.1. The van der Waals surface area contributed by atoms with Crippen LogP contribution in [0.1, 0.15) is 43.8 Å². The first-order valence-electron chi connectivity index (χ1n) is 8.55. The van der Waals surface area contributed by atoms with E-state index in [4.69, 9.17) is 4.74 Å². The first-order chi connectivity index (χ1) is 11.0. The number of hydrogen-bond acceptors (Lipinski definition) is 4. The van der Waals surface area contributed by atoms with Gasteiger partial charge < -0.3 is 15.4 Å². The average molecular weight is 337 g/mol. The van der Waals surface area contributed by atoms with Gasteiger partial charge in [0.1, 0.15) is 0 Å². The Kier molecular flexibility index (Phi) is 4.92. The molecule has 1 aromatic heterocycles. The van der Waals surface area contributed by atoms with Gasteiger partial charge in [-0.25, -0.2) is 9.78 Å². The maximum Gasteiger partial charge on any atom is 0.315 e. The van der Waals surface area contributed by atoms with E-state index in [9.17, 15) is 4.79 Å². The third kappa shape index (κ3) is 3.53. The van der Waals surface area contributed by atoms with Gasteiger partial charge in [0, 0.05) is 41.6 Å². The number of urea groups is 1. The van der Waals surface area contributed by atoms with Gasteiger partial charge >= 0.3 is 6.03 Å². The van der Waals surface area contributed by atoms with Crippen molar-refractivity contribution in [1.82, 2.24) is 15.6 Å². The number of aromatic nitrogens is 1. The van der Waals surface area contributed by atoms with Crippen LogP contribution in [-0.4, -0.2) is 36.3 Å². The van der Waals surface area contributed by atoms with Gasteiger partial charge in [0.15, 0.2) is 0 Å². The van der Waals surface area contributed by atoms with Gasteiger partial charge in [-0.1, -0.05) is 13.8 Å². The minimum absolute atomic E-state index is 0.0429. The van der Waals surface area contributed by atoms with Crippen LogP contribution in [0.15, 0.2) is 5.38 Å². The molecule has 0 bridgehead atoms. The highest BCUT2D eigenvalue weighted by Gasteiger charge is 2.59. The van der Waals surface area contributed by atoms with Gasteiger partial charge in [0.05, 0.1) is 11.1 Å². The molecule has 0 aromatic carbocycles. The summed E-state index contributed by atoms with van der Waals surface area (Å²) in [6.07, 6.45) is 4.41. The van der Waals surface area contributed by atoms with Crippen molar-refractivity contribution < 1.29 is 9.53 Å². The molecule has 1 aromatic rings. The number of hydrogen-bond donors (Lipinski definition) is 2. The molecule has 6 heteroatoms. The lowest BCUT2D eigenvalue weighted by atomic mass is 9.57. The molecule has 3 unspecified atom stereocenters. The number of carbonyl (C=O) groups excluding carboxylic acids is 1. The maximum absolute atomic E-state index is 12.1. The zero-order valence-corrected chi connectivity index (χ0v) is 15.0. The van der Waals surface area contributed by atoms with Crippen LogP contribution in [0.3, 0.4) is 0 Å². The van der Waals surface area contributed by atoms with E-state index in [-0.39, 0.29) is 17.5 Å². The molecule has 1 saturated carbocycles. The Bertz CT molecular complexity index is 558. The molecule has 0 radical (unpaired) electrons. The van der Waals surface area contributed by atoms with Crippen LogP contribution in [0.2, 0.25) is 0 Å². The van der Waals surface area contributed by atoms with Crippen LogP contribution < -0.4 is 10.6 Å². The molecular formula is C17H27N3O2S. The molecule has 2 amide bonds. The predicted octanol–water partition coefficient (Wildman–Crippen LogP) is 2.89. The lowest BCUT2D eigenvalue weighted by Crippen LogP contribution is -2.67. The Morgan fingerprint density at radius 1 is 1.48 bits per heavy atom. The number of amides is 2. The number of unbranched alkanes of at least 4 members (excludes halogenated alkanes) is 1. The van der Waals surface area contributed by atoms with Gasteiger partial charge in [-0.3, -0.25) is 0 Å². The molecule has 23 heavy (non-hydrogen) atoms. The minimum Gasteiger partial charge on any atom is -0.377 e. The minimum atomic E-state index is -0.0430. The van der Waals surface area contributed by atoms with Crippen molar-refractivity contribution in [1.29, 1.82) is 0 Å². The number of fused-ring (bicyclic) bond motifs is 1. The Labute approximate surface area is 142 Å². The van der Waals surface area contributed by atoms with Crippen molar-refractivity contribution in [2.24, 2.45) is 11.3 Å². The average Bonchev–Trinajstić information content (AvgIpc) is 3.12. The fourth-order valence-electron chi connectivity index (χ4n) is 3.93. The van der Waals surface area contributed by atoms with E-state index in [2.05, 4.69) is 34.8 Å². The smallest absolute Gasteiger partial charge is 0.315 e. The summed E-state index contributed by atoms with van der Waals surface area (Å²) < 4.78 is 5.76. The van der Waals surface area contributed by atoms with E-state index in [0.29, 0.717) is 18.6 Å². The van der Waals surface area contributed by atoms with Crippen molar-refractivity contribution in [3.8, 4) is 0 Å². The third-order valence-electron chi connectivity index (χ3n) is 5.16. The van der Waals surface area contributed by atoms with Crippen molar-refractivity contribution >= 4 is 17.4 Å². The van der Waals surface area contributed by atoms with Crippen LogP contribution in [0.4, 0.5) is 4.79 Å². The van der Waals surface area contributed by atoms with Crippen molar-refractivity contribution in [2.45, 2.75) is 58.6 Å². The van der Waals surface area contributed by atoms with E-state index in [0.717, 1.165) is 38.0 Å². The van der Waals surface area contributed by atoms with E-state index in [1.807, 2.05) is 6.92 Å². The second-order valence-corrected chi connectivity index (χ2v) is 8.23. The van der Waals surface area contributed by atoms with Crippen LogP contribution >= 0.6 is 11.3 Å². The molecule has 3 atom stereocenters. The summed E-state index contributed by atoms with van der Waals surface area (Å²) >= 11 is 1.72. The topological polar surface area (TPSA) is 63.2 Å². The predicted molar refractivity (Wildman–Crippen MR) is 91.7 cm³/mol. The zero-order chi connectivity index (χ0) is 16.4. The maximum atomic E-state index is 12.1. The quantitative estimate of drug-likeness (QED) is 0.785. The number of rotatable bonds is 6. The first-order valence-corrected chi connectivity index (χ1v) is 9.43. The van der Waals surface area contributed by atoms with Gasteiger partial charge in [0.25, 0.3) is 0 Å². The van der Waals surface area contributed by atoms with E-state index >= 15 is 0 Å². The van der Waals surface area contributed by atoms with Crippen LogP contribution in [0, 0.1) is 18.3 Å². The summed E-state index contributed by atoms with van der Waals surface area (Å²) in [5.41, 5.74) is 1.14. The zero-order valence-electron chi connectivity index (χ0n) is 14.2. The number of nitrogens with one attached hydrogen (secondary N) is 2. The SMILES string of the molecule is Cc1csc(CCCCNC(=O)NC2C3CCOC3C2(C)C)n1. The molecule has 1 saturated heterocycles. The van der Waals surface area contributed by atoms with E-state index < -0.39 is 0 Å². The lowest BCUT2D eigenvalue weighted by Gasteiger charge is -2.54. The Balaban J connectivity index is 1.32. The molecular weight excluding hydrogens is 310 g/mol. The number of thiazole rings is 1. The van der Waals surface area contributed by atoms with Crippen LogP contribution in [-0.2, 0) is 11.2 Å². The second-order valence-electron chi connectivity index (χ2n) is 7.28. The normalized spacial score (nSPS) is 28.0. The summed E-state index contributed by atoms with van der Waals surface area (Å²) in [5.74, 6) is 0.490. The van der Waals surface area contributed by atoms with Gasteiger partial charge in [-0.05, 0) is 32.6 Å². The summed E-state index contributed by atoms with van der Waals surface area (Å²) in [6.45, 7) is 7.93. The van der Waals surface area contributed by atoms with Crippen molar-refractivity contribution in [3.63, 3.8) is 0 Å². The number of ether oxygens (including phenoxy) is 1. The highest BCUT2D eigenvalue weighted by molar-refractivity contribution is 7.09. The van der Waals surface area contributed by atoms with Crippen molar-refractivity contribution in [3.05, 3.63) is 16.1 Å². The van der Waals surface area contributed by atoms with Crippen LogP contribution in [0.25, 0.3) is 0 Å². The van der Waals surface area contributed by atoms with Crippen molar-refractivity contribution in [2.75, 3.05) is 13.2 Å². The molecule has 2 fully saturated rings. The summed E-state index contributed by atoms with van der Waals surface area (Å²) in [6, 6.07) is 0.187. The van der Waals surface area contributed by atoms with Crippen LogP contribution in [0.5, 0.6) is 0 Å². The molecule has 0 spiro atoms. The fraction of sp³-hybridized carbons (Fsp3) is 0.765. The largest absolute Gasteiger partial charge is 0.377 e. The molecule has 128 valence electrons. The second kappa shape index (κ2) is 6.77. The molecule has 3 rings (SSSR count). The fourth-order valence-corrected chi connectivity index (χ4v) is 4.75. The molecule has 2 N–H and O–H groups in total. The molecule has 1 aliphatic carbocycles.